The molecule has 0 aliphatic carbocycles. The van der Waals surface area contributed by atoms with Gasteiger partial charge in [-0.05, 0) is 19.1 Å². The lowest BCUT2D eigenvalue weighted by Crippen LogP contribution is -2.14. The van der Waals surface area contributed by atoms with E-state index in [-0.39, 0.29) is 18.0 Å². The van der Waals surface area contributed by atoms with E-state index in [0.717, 1.165) is 16.8 Å². The Morgan fingerprint density at radius 3 is 2.89 bits per heavy atom. The van der Waals surface area contributed by atoms with Crippen molar-refractivity contribution in [2.45, 2.75) is 13.5 Å². The molecular weight excluding hydrogens is 242 g/mol. The summed E-state index contributed by atoms with van der Waals surface area (Å²) in [6.45, 7) is 1.67. The molecule has 4 nitrogen and oxygen atoms in total. The molecule has 0 saturated heterocycles. The maximum absolute atomic E-state index is 13.4. The van der Waals surface area contributed by atoms with Crippen molar-refractivity contribution in [3.63, 3.8) is 0 Å². The van der Waals surface area contributed by atoms with Crippen LogP contribution in [0.3, 0.4) is 0 Å². The maximum Gasteiger partial charge on any atom is 0.438 e. The van der Waals surface area contributed by atoms with Crippen LogP contribution < -0.4 is 5.76 Å². The molecule has 0 amide bonds. The van der Waals surface area contributed by atoms with Gasteiger partial charge in [-0.1, -0.05) is 5.92 Å². The van der Waals surface area contributed by atoms with Crippen molar-refractivity contribution in [3.8, 4) is 23.3 Å². The van der Waals surface area contributed by atoms with Crippen LogP contribution in [0.4, 0.5) is 8.78 Å². The number of halogens is 2. The minimum Gasteiger partial charge on any atom is -0.387 e. The Bertz CT molecular complexity index is 692. The molecular formula is C12H8F2N2O2. The van der Waals surface area contributed by atoms with Gasteiger partial charge in [-0.2, -0.15) is 4.68 Å². The lowest BCUT2D eigenvalue weighted by molar-refractivity contribution is 0.495. The summed E-state index contributed by atoms with van der Waals surface area (Å²) >= 11 is 0. The minimum absolute atomic E-state index is 0.0572. The van der Waals surface area contributed by atoms with Crippen molar-refractivity contribution < 1.29 is 13.2 Å². The molecule has 0 spiro atoms. The maximum atomic E-state index is 13.4. The molecule has 2 rings (SSSR count). The summed E-state index contributed by atoms with van der Waals surface area (Å²) < 4.78 is 31.9. The van der Waals surface area contributed by atoms with E-state index in [0.29, 0.717) is 6.07 Å². The van der Waals surface area contributed by atoms with Crippen LogP contribution in [0.25, 0.3) is 11.5 Å². The number of aromatic nitrogens is 2. The molecule has 1 aromatic carbocycles. The van der Waals surface area contributed by atoms with Crippen molar-refractivity contribution in [1.29, 1.82) is 0 Å². The summed E-state index contributed by atoms with van der Waals surface area (Å²) in [6, 6.07) is 2.91. The van der Waals surface area contributed by atoms with Crippen LogP contribution in [0.1, 0.15) is 6.92 Å². The molecule has 0 radical (unpaired) electrons. The smallest absolute Gasteiger partial charge is 0.387 e. The monoisotopic (exact) mass is 250 g/mol. The highest BCUT2D eigenvalue weighted by Crippen LogP contribution is 2.20. The average molecular weight is 250 g/mol. The summed E-state index contributed by atoms with van der Waals surface area (Å²) in [4.78, 5) is 11.4. The van der Waals surface area contributed by atoms with Gasteiger partial charge in [-0.3, -0.25) is 0 Å². The van der Waals surface area contributed by atoms with E-state index in [1.807, 2.05) is 0 Å². The van der Waals surface area contributed by atoms with Crippen molar-refractivity contribution >= 4 is 0 Å². The number of rotatable bonds is 2. The molecule has 92 valence electrons. The summed E-state index contributed by atoms with van der Waals surface area (Å²) in [7, 11) is 0. The van der Waals surface area contributed by atoms with E-state index in [4.69, 9.17) is 4.42 Å². The predicted molar refractivity (Wildman–Crippen MR) is 59.6 cm³/mol. The zero-order chi connectivity index (χ0) is 13.1. The number of benzene rings is 1. The molecule has 0 unspecified atom stereocenters. The van der Waals surface area contributed by atoms with Gasteiger partial charge in [0, 0.05) is 6.07 Å². The highest BCUT2D eigenvalue weighted by molar-refractivity contribution is 5.53. The van der Waals surface area contributed by atoms with E-state index in [1.54, 1.807) is 6.92 Å². The molecule has 0 saturated carbocycles. The van der Waals surface area contributed by atoms with E-state index in [1.165, 1.54) is 0 Å². The molecule has 1 heterocycles. The summed E-state index contributed by atoms with van der Waals surface area (Å²) in [5.74, 6) is 2.73. The quantitative estimate of drug-likeness (QED) is 0.763. The SMILES string of the molecule is CC#CCn1nc(-c2ccc(F)cc2F)oc1=O. The lowest BCUT2D eigenvalue weighted by Gasteiger charge is -1.96. The molecule has 6 heteroatoms. The van der Waals surface area contributed by atoms with Crippen LogP contribution in [0, 0.1) is 23.5 Å². The van der Waals surface area contributed by atoms with E-state index in [2.05, 4.69) is 16.9 Å². The Kier molecular flexibility index (Phi) is 3.24. The van der Waals surface area contributed by atoms with Crippen LogP contribution >= 0.6 is 0 Å². The van der Waals surface area contributed by atoms with E-state index >= 15 is 0 Å². The van der Waals surface area contributed by atoms with Crippen molar-refractivity contribution in [1.82, 2.24) is 9.78 Å². The second kappa shape index (κ2) is 4.84. The van der Waals surface area contributed by atoms with Crippen LogP contribution in [0.5, 0.6) is 0 Å². The van der Waals surface area contributed by atoms with Gasteiger partial charge in [0.1, 0.15) is 18.2 Å². The zero-order valence-corrected chi connectivity index (χ0v) is 9.41. The first kappa shape index (κ1) is 12.0. The van der Waals surface area contributed by atoms with Crippen LogP contribution in [-0.2, 0) is 6.54 Å². The first-order valence-corrected chi connectivity index (χ1v) is 5.05. The fraction of sp³-hybridized carbons (Fsp3) is 0.167. The third-order valence-electron chi connectivity index (χ3n) is 2.17. The van der Waals surface area contributed by atoms with Gasteiger partial charge in [0.2, 0.25) is 0 Å². The molecule has 18 heavy (non-hydrogen) atoms. The molecule has 1 aromatic heterocycles. The second-order valence-corrected chi connectivity index (χ2v) is 3.38. The topological polar surface area (TPSA) is 48.0 Å². The molecule has 0 aliphatic rings. The number of nitrogens with zero attached hydrogens (tertiary/aromatic N) is 2. The lowest BCUT2D eigenvalue weighted by atomic mass is 10.2. The minimum atomic E-state index is -0.843. The Morgan fingerprint density at radius 2 is 2.22 bits per heavy atom. The van der Waals surface area contributed by atoms with Gasteiger partial charge in [0.15, 0.2) is 0 Å². The fourth-order valence-corrected chi connectivity index (χ4v) is 1.33. The van der Waals surface area contributed by atoms with Crippen LogP contribution in [0.2, 0.25) is 0 Å². The molecule has 0 N–H and O–H groups in total. The Morgan fingerprint density at radius 1 is 1.44 bits per heavy atom. The standard InChI is InChI=1S/C12H8F2N2O2/c1-2-3-6-16-12(17)18-11(15-16)9-5-4-8(13)7-10(9)14/h4-5,7H,6H2,1H3. The Labute approximate surface area is 101 Å². The third kappa shape index (κ3) is 2.30. The van der Waals surface area contributed by atoms with E-state index < -0.39 is 17.4 Å². The van der Waals surface area contributed by atoms with Crippen molar-refractivity contribution in [3.05, 3.63) is 40.4 Å². The van der Waals surface area contributed by atoms with Crippen LogP contribution in [0.15, 0.2) is 27.4 Å². The highest BCUT2D eigenvalue weighted by Gasteiger charge is 2.14. The highest BCUT2D eigenvalue weighted by atomic mass is 19.1. The van der Waals surface area contributed by atoms with E-state index in [9.17, 15) is 13.6 Å². The predicted octanol–water partition coefficient (Wildman–Crippen LogP) is 1.80. The molecule has 0 atom stereocenters. The summed E-state index contributed by atoms with van der Waals surface area (Å²) in [6.07, 6.45) is 0. The van der Waals surface area contributed by atoms with Gasteiger partial charge in [0.25, 0.3) is 5.89 Å². The van der Waals surface area contributed by atoms with Gasteiger partial charge < -0.3 is 4.42 Å². The van der Waals surface area contributed by atoms with Crippen LogP contribution in [-0.4, -0.2) is 9.78 Å². The van der Waals surface area contributed by atoms with Crippen molar-refractivity contribution in [2.24, 2.45) is 0 Å². The number of hydrogen-bond acceptors (Lipinski definition) is 3. The molecule has 0 fully saturated rings. The summed E-state index contributed by atoms with van der Waals surface area (Å²) in [5, 5.41) is 3.78. The normalized spacial score (nSPS) is 9.94. The van der Waals surface area contributed by atoms with Gasteiger partial charge >= 0.3 is 5.76 Å². The van der Waals surface area contributed by atoms with Gasteiger partial charge in [0.05, 0.1) is 5.56 Å². The molecule has 0 aliphatic heterocycles. The second-order valence-electron chi connectivity index (χ2n) is 3.38. The van der Waals surface area contributed by atoms with Gasteiger partial charge in [-0.25, -0.2) is 13.6 Å². The van der Waals surface area contributed by atoms with Crippen molar-refractivity contribution in [2.75, 3.05) is 0 Å². The Balaban J connectivity index is 2.44. The first-order chi connectivity index (χ1) is 8.61. The first-order valence-electron chi connectivity index (χ1n) is 5.05. The third-order valence-corrected chi connectivity index (χ3v) is 2.17. The average Bonchev–Trinajstić information content (AvgIpc) is 2.68. The largest absolute Gasteiger partial charge is 0.438 e. The summed E-state index contributed by atoms with van der Waals surface area (Å²) in [5.41, 5.74) is -0.0725. The zero-order valence-electron chi connectivity index (χ0n) is 9.41. The Hall–Kier alpha value is -2.42. The fourth-order valence-electron chi connectivity index (χ4n) is 1.33. The molecule has 0 bridgehead atoms. The number of hydrogen-bond donors (Lipinski definition) is 0. The molecule has 2 aromatic rings. The van der Waals surface area contributed by atoms with Gasteiger partial charge in [-0.15, -0.1) is 11.0 Å².